The summed E-state index contributed by atoms with van der Waals surface area (Å²) in [5.41, 5.74) is 0.447. The summed E-state index contributed by atoms with van der Waals surface area (Å²) in [7, 11) is -3.53. The maximum absolute atomic E-state index is 12.6. The van der Waals surface area contributed by atoms with Crippen LogP contribution < -0.4 is 0 Å². The van der Waals surface area contributed by atoms with Crippen LogP contribution in [0.5, 0.6) is 0 Å². The Labute approximate surface area is 122 Å². The zero-order valence-electron chi connectivity index (χ0n) is 11.6. The highest BCUT2D eigenvalue weighted by Crippen LogP contribution is 2.28. The third-order valence-electron chi connectivity index (χ3n) is 4.08. The summed E-state index contributed by atoms with van der Waals surface area (Å²) in [6.07, 6.45) is 0.745. The normalized spacial score (nSPS) is 25.9. The van der Waals surface area contributed by atoms with E-state index in [2.05, 4.69) is 5.10 Å². The molecule has 0 aliphatic carbocycles. The van der Waals surface area contributed by atoms with Crippen molar-refractivity contribution in [2.24, 2.45) is 0 Å². The van der Waals surface area contributed by atoms with Gasteiger partial charge in [0.05, 0.1) is 42.9 Å². The highest BCUT2D eigenvalue weighted by Gasteiger charge is 2.37. The number of sulfone groups is 1. The molecule has 2 aliphatic rings. The lowest BCUT2D eigenvalue weighted by Gasteiger charge is -2.32. The van der Waals surface area contributed by atoms with Crippen molar-refractivity contribution in [1.82, 2.24) is 14.7 Å². The molecule has 9 heteroatoms. The molecule has 8 nitrogen and oxygen atoms in total. The summed E-state index contributed by atoms with van der Waals surface area (Å²) in [6, 6.07) is -0.236. The van der Waals surface area contributed by atoms with E-state index in [1.54, 1.807) is 11.6 Å². The van der Waals surface area contributed by atoms with E-state index >= 15 is 0 Å². The Morgan fingerprint density at radius 1 is 1.52 bits per heavy atom. The SMILES string of the molecule is C[C@H]1Cn2ncc(S(=O)(=O)C3CCOC3)c2CN1C(=O)O. The van der Waals surface area contributed by atoms with E-state index in [1.807, 2.05) is 0 Å². The average Bonchev–Trinajstić information content (AvgIpc) is 3.06. The molecule has 1 amide bonds. The molecule has 2 atom stereocenters. The van der Waals surface area contributed by atoms with Crippen molar-refractivity contribution in [3.8, 4) is 0 Å². The quantitative estimate of drug-likeness (QED) is 0.844. The predicted octanol–water partition coefficient (Wildman–Crippen LogP) is 0.328. The van der Waals surface area contributed by atoms with Crippen molar-refractivity contribution in [2.45, 2.75) is 42.6 Å². The molecule has 1 fully saturated rings. The molecule has 116 valence electrons. The Morgan fingerprint density at radius 2 is 2.29 bits per heavy atom. The second-order valence-electron chi connectivity index (χ2n) is 5.43. The van der Waals surface area contributed by atoms with Gasteiger partial charge in [-0.25, -0.2) is 13.2 Å². The molecule has 1 unspecified atom stereocenters. The summed E-state index contributed by atoms with van der Waals surface area (Å²) in [5, 5.41) is 12.8. The van der Waals surface area contributed by atoms with Gasteiger partial charge in [-0.2, -0.15) is 5.10 Å². The second kappa shape index (κ2) is 4.99. The van der Waals surface area contributed by atoms with E-state index in [4.69, 9.17) is 4.74 Å². The third kappa shape index (κ3) is 2.30. The molecule has 1 aromatic rings. The van der Waals surface area contributed by atoms with Crippen molar-refractivity contribution in [1.29, 1.82) is 0 Å². The zero-order valence-corrected chi connectivity index (χ0v) is 12.4. The van der Waals surface area contributed by atoms with E-state index in [-0.39, 0.29) is 24.1 Å². The van der Waals surface area contributed by atoms with Gasteiger partial charge in [0.25, 0.3) is 0 Å². The van der Waals surface area contributed by atoms with Gasteiger partial charge in [-0.3, -0.25) is 9.58 Å². The molecule has 0 bridgehead atoms. The van der Waals surface area contributed by atoms with E-state index in [1.165, 1.54) is 11.1 Å². The number of ether oxygens (including phenoxy) is 1. The number of nitrogens with zero attached hydrogens (tertiary/aromatic N) is 3. The lowest BCUT2D eigenvalue weighted by molar-refractivity contribution is 0.104. The molecule has 1 saturated heterocycles. The summed E-state index contributed by atoms with van der Waals surface area (Å²) in [4.78, 5) is 12.6. The molecular weight excluding hydrogens is 298 g/mol. The minimum absolute atomic E-state index is 0.0403. The van der Waals surface area contributed by atoms with Crippen molar-refractivity contribution in [3.63, 3.8) is 0 Å². The largest absolute Gasteiger partial charge is 0.465 e. The van der Waals surface area contributed by atoms with Crippen LogP contribution in [0.3, 0.4) is 0 Å². The fraction of sp³-hybridized carbons (Fsp3) is 0.667. The molecule has 0 saturated carbocycles. The molecule has 0 spiro atoms. The first kappa shape index (κ1) is 14.3. The van der Waals surface area contributed by atoms with E-state index in [9.17, 15) is 18.3 Å². The number of amides is 1. The Hall–Kier alpha value is -1.61. The van der Waals surface area contributed by atoms with Crippen LogP contribution in [-0.4, -0.2) is 58.8 Å². The first-order chi connectivity index (χ1) is 9.91. The van der Waals surface area contributed by atoms with Crippen LogP contribution in [0.4, 0.5) is 4.79 Å². The average molecular weight is 315 g/mol. The maximum atomic E-state index is 12.6. The number of aromatic nitrogens is 2. The van der Waals surface area contributed by atoms with Crippen LogP contribution in [0.25, 0.3) is 0 Å². The lowest BCUT2D eigenvalue weighted by Crippen LogP contribution is -2.44. The van der Waals surface area contributed by atoms with E-state index in [0.29, 0.717) is 25.3 Å². The van der Waals surface area contributed by atoms with Crippen LogP contribution >= 0.6 is 0 Å². The molecule has 3 rings (SSSR count). The zero-order chi connectivity index (χ0) is 15.2. The van der Waals surface area contributed by atoms with Crippen LogP contribution in [-0.2, 0) is 27.7 Å². The number of carboxylic acid groups (broad SMARTS) is 1. The summed E-state index contributed by atoms with van der Waals surface area (Å²) in [6.45, 7) is 2.80. The highest BCUT2D eigenvalue weighted by atomic mass is 32.2. The smallest absolute Gasteiger partial charge is 0.407 e. The molecule has 0 radical (unpaired) electrons. The van der Waals surface area contributed by atoms with Gasteiger partial charge in [-0.05, 0) is 13.3 Å². The monoisotopic (exact) mass is 315 g/mol. The number of rotatable bonds is 2. The Kier molecular flexibility index (Phi) is 3.40. The van der Waals surface area contributed by atoms with Gasteiger partial charge in [0, 0.05) is 6.61 Å². The van der Waals surface area contributed by atoms with Crippen molar-refractivity contribution in [3.05, 3.63) is 11.9 Å². The first-order valence-electron chi connectivity index (χ1n) is 6.77. The fourth-order valence-corrected chi connectivity index (χ4v) is 4.54. The molecule has 2 aliphatic heterocycles. The molecule has 21 heavy (non-hydrogen) atoms. The van der Waals surface area contributed by atoms with Crippen molar-refractivity contribution < 1.29 is 23.1 Å². The second-order valence-corrected chi connectivity index (χ2v) is 7.62. The number of hydrogen-bond acceptors (Lipinski definition) is 5. The minimum atomic E-state index is -3.53. The summed E-state index contributed by atoms with van der Waals surface area (Å²) in [5.74, 6) is 0. The van der Waals surface area contributed by atoms with Crippen molar-refractivity contribution in [2.75, 3.05) is 13.2 Å². The predicted molar refractivity (Wildman–Crippen MR) is 71.7 cm³/mol. The molecular formula is C12H17N3O5S. The number of fused-ring (bicyclic) bond motifs is 1. The lowest BCUT2D eigenvalue weighted by atomic mass is 10.2. The number of carbonyl (C=O) groups is 1. The maximum Gasteiger partial charge on any atom is 0.407 e. The van der Waals surface area contributed by atoms with Crippen molar-refractivity contribution >= 4 is 15.9 Å². The van der Waals surface area contributed by atoms with Gasteiger partial charge in [0.2, 0.25) is 0 Å². The van der Waals surface area contributed by atoms with Crippen LogP contribution in [0.1, 0.15) is 19.0 Å². The third-order valence-corrected chi connectivity index (χ3v) is 6.28. The Morgan fingerprint density at radius 3 is 2.90 bits per heavy atom. The van der Waals surface area contributed by atoms with Gasteiger partial charge in [-0.15, -0.1) is 0 Å². The van der Waals surface area contributed by atoms with Crippen LogP contribution in [0, 0.1) is 0 Å². The minimum Gasteiger partial charge on any atom is -0.465 e. The fourth-order valence-electron chi connectivity index (χ4n) is 2.81. The standard InChI is InChI=1S/C12H17N3O5S/c1-8-5-15-10(6-14(8)12(16)17)11(4-13-15)21(18,19)9-2-3-20-7-9/h4,8-9H,2-3,5-7H2,1H3,(H,16,17)/t8-,9?/m0/s1. The van der Waals surface area contributed by atoms with E-state index in [0.717, 1.165) is 0 Å². The van der Waals surface area contributed by atoms with Crippen LogP contribution in [0.15, 0.2) is 11.1 Å². The first-order valence-corrected chi connectivity index (χ1v) is 8.31. The summed E-state index contributed by atoms with van der Waals surface area (Å²) >= 11 is 0. The van der Waals surface area contributed by atoms with Gasteiger partial charge in [-0.1, -0.05) is 0 Å². The Bertz CT molecular complexity index is 662. The molecule has 3 heterocycles. The van der Waals surface area contributed by atoms with Crippen LogP contribution in [0.2, 0.25) is 0 Å². The highest BCUT2D eigenvalue weighted by molar-refractivity contribution is 7.92. The summed E-state index contributed by atoms with van der Waals surface area (Å²) < 4.78 is 32.0. The van der Waals surface area contributed by atoms with Gasteiger partial charge in [0.1, 0.15) is 4.90 Å². The van der Waals surface area contributed by atoms with Gasteiger partial charge >= 0.3 is 6.09 Å². The molecule has 1 aromatic heterocycles. The number of hydrogen-bond donors (Lipinski definition) is 1. The van der Waals surface area contributed by atoms with Gasteiger partial charge in [0.15, 0.2) is 9.84 Å². The Balaban J connectivity index is 1.98. The van der Waals surface area contributed by atoms with Gasteiger partial charge < -0.3 is 9.84 Å². The molecule has 0 aromatic carbocycles. The topological polar surface area (TPSA) is 102 Å². The molecule has 1 N–H and O–H groups in total. The van der Waals surface area contributed by atoms with E-state index < -0.39 is 21.2 Å².